The van der Waals surface area contributed by atoms with Crippen molar-refractivity contribution in [3.05, 3.63) is 75.0 Å². The highest BCUT2D eigenvalue weighted by Crippen LogP contribution is 2.33. The first-order valence-corrected chi connectivity index (χ1v) is 15.5. The number of nitrogens with zero attached hydrogens (tertiary/aromatic N) is 3. The largest absolute Gasteiger partial charge is 0.490 e. The van der Waals surface area contributed by atoms with Gasteiger partial charge in [0.1, 0.15) is 35.7 Å². The second-order valence-electron chi connectivity index (χ2n) is 12.1. The summed E-state index contributed by atoms with van der Waals surface area (Å²) in [6.07, 6.45) is -2.57. The highest BCUT2D eigenvalue weighted by molar-refractivity contribution is 6.02. The van der Waals surface area contributed by atoms with E-state index in [1.54, 1.807) is 32.0 Å². The zero-order valence-electron chi connectivity index (χ0n) is 26.9. The summed E-state index contributed by atoms with van der Waals surface area (Å²) in [6.45, 7) is 5.87. The molecule has 4 heterocycles. The molecule has 1 amide bonds. The van der Waals surface area contributed by atoms with E-state index in [1.807, 2.05) is 17.0 Å². The molecule has 0 saturated carbocycles. The van der Waals surface area contributed by atoms with Crippen molar-refractivity contribution in [2.75, 3.05) is 38.6 Å². The number of aliphatic carboxylic acids is 1. The van der Waals surface area contributed by atoms with Crippen molar-refractivity contribution in [3.63, 3.8) is 0 Å². The minimum atomic E-state index is -5.08. The molecule has 49 heavy (non-hydrogen) atoms. The Bertz CT molecular complexity index is 1920. The van der Waals surface area contributed by atoms with Gasteiger partial charge >= 0.3 is 12.1 Å². The van der Waals surface area contributed by atoms with Crippen LogP contribution >= 0.6 is 0 Å². The maximum absolute atomic E-state index is 14.2. The second-order valence-corrected chi connectivity index (χ2v) is 12.1. The second kappa shape index (κ2) is 14.3. The SMILES string of the molecule is Cc1ccc(OC[C@H](O)CNc2cc[nH]c(=O)c2-c2nc3cc4c(cc3[nH]2)CN(C2CCN(C)CC2)C4=O)c(C)c1F.O=C(O)C(F)(F)F. The van der Waals surface area contributed by atoms with Crippen LogP contribution in [0.2, 0.25) is 0 Å². The standard InChI is InChI=1S/C31H35FN6O4.C2HF3O2/c1-17-4-5-26(18(2)28(17)32)42-16-21(39)14-34-23-6-9-33-30(40)27(23)29-35-24-12-19-15-38(20-7-10-37(3)11-8-20)31(41)22(19)13-25(24)36-29;3-2(4,5)1(6)7/h4-6,9,12-13,20-21,39H,7-8,10-11,14-16H2,1-3H3,(H,35,36)(H2,33,34,40);(H,6,7)/t21-;/m1./s1. The van der Waals surface area contributed by atoms with E-state index >= 15 is 0 Å². The lowest BCUT2D eigenvalue weighted by Gasteiger charge is -2.34. The average Bonchev–Trinajstić information content (AvgIpc) is 3.61. The van der Waals surface area contributed by atoms with Gasteiger partial charge in [0.05, 0.1) is 16.7 Å². The normalized spacial score (nSPS) is 15.9. The molecular formula is C33H36F4N6O6. The zero-order valence-corrected chi connectivity index (χ0v) is 26.9. The van der Waals surface area contributed by atoms with Gasteiger partial charge in [0.25, 0.3) is 11.5 Å². The van der Waals surface area contributed by atoms with E-state index in [4.69, 9.17) is 14.6 Å². The van der Waals surface area contributed by atoms with Gasteiger partial charge in [-0.1, -0.05) is 6.07 Å². The number of carboxylic acids is 1. The molecule has 0 bridgehead atoms. The van der Waals surface area contributed by atoms with Crippen molar-refractivity contribution in [2.45, 2.75) is 51.6 Å². The number of nitrogens with one attached hydrogen (secondary N) is 3. The van der Waals surface area contributed by atoms with E-state index in [9.17, 15) is 32.3 Å². The number of ether oxygens (including phenoxy) is 1. The number of benzene rings is 2. The van der Waals surface area contributed by atoms with Crippen LogP contribution in [0.15, 0.2) is 41.3 Å². The zero-order chi connectivity index (χ0) is 35.6. The number of rotatable bonds is 8. The van der Waals surface area contributed by atoms with Crippen molar-refractivity contribution < 1.29 is 42.1 Å². The molecule has 1 fully saturated rings. The number of aromatic nitrogens is 3. The van der Waals surface area contributed by atoms with Crippen molar-refractivity contribution >= 4 is 28.6 Å². The molecule has 2 aromatic heterocycles. The molecule has 0 spiro atoms. The highest BCUT2D eigenvalue weighted by Gasteiger charge is 2.38. The Labute approximate surface area is 277 Å². The lowest BCUT2D eigenvalue weighted by atomic mass is 10.0. The summed E-state index contributed by atoms with van der Waals surface area (Å²) in [6, 6.07) is 9.01. The van der Waals surface area contributed by atoms with Gasteiger partial charge < -0.3 is 40.0 Å². The molecule has 16 heteroatoms. The molecule has 262 valence electrons. The number of aliphatic hydroxyl groups is 1. The maximum atomic E-state index is 14.2. The molecule has 2 aliphatic heterocycles. The van der Waals surface area contributed by atoms with Crippen LogP contribution in [0.1, 0.15) is 39.9 Å². The Kier molecular flexibility index (Phi) is 10.3. The minimum absolute atomic E-state index is 0.0330. The molecule has 0 radical (unpaired) electrons. The van der Waals surface area contributed by atoms with E-state index < -0.39 is 18.2 Å². The average molecular weight is 689 g/mol. The summed E-state index contributed by atoms with van der Waals surface area (Å²) in [5.41, 5.74) is 4.28. The molecule has 0 unspecified atom stereocenters. The van der Waals surface area contributed by atoms with Crippen LogP contribution in [0.3, 0.4) is 0 Å². The Balaban J connectivity index is 0.000000606. The monoisotopic (exact) mass is 688 g/mol. The Morgan fingerprint density at radius 1 is 1.16 bits per heavy atom. The van der Waals surface area contributed by atoms with E-state index in [0.717, 1.165) is 37.0 Å². The van der Waals surface area contributed by atoms with Crippen molar-refractivity contribution in [1.29, 1.82) is 0 Å². The first-order chi connectivity index (χ1) is 23.1. The number of aryl methyl sites for hydroxylation is 1. The van der Waals surface area contributed by atoms with Gasteiger partial charge in [0, 0.05) is 36.5 Å². The number of piperidine rings is 1. The molecule has 5 N–H and O–H groups in total. The number of fused-ring (bicyclic) bond motifs is 2. The Morgan fingerprint density at radius 2 is 1.86 bits per heavy atom. The van der Waals surface area contributed by atoms with Crippen LogP contribution in [-0.2, 0) is 11.3 Å². The van der Waals surface area contributed by atoms with Crippen LogP contribution < -0.4 is 15.6 Å². The van der Waals surface area contributed by atoms with E-state index in [0.29, 0.717) is 46.0 Å². The highest BCUT2D eigenvalue weighted by atomic mass is 19.4. The number of anilines is 1. The van der Waals surface area contributed by atoms with Gasteiger partial charge in [-0.3, -0.25) is 9.59 Å². The fourth-order valence-electron chi connectivity index (χ4n) is 5.85. The van der Waals surface area contributed by atoms with Gasteiger partial charge in [-0.05, 0) is 82.2 Å². The smallest absolute Gasteiger partial charge is 0.490 e. The van der Waals surface area contributed by atoms with Crippen LogP contribution in [0.5, 0.6) is 5.75 Å². The quantitative estimate of drug-likeness (QED) is 0.171. The summed E-state index contributed by atoms with van der Waals surface area (Å²) in [7, 11) is 2.11. The van der Waals surface area contributed by atoms with Crippen molar-refractivity contribution in [3.8, 4) is 17.1 Å². The maximum Gasteiger partial charge on any atom is 0.490 e. The predicted molar refractivity (Wildman–Crippen MR) is 172 cm³/mol. The number of pyridine rings is 1. The van der Waals surface area contributed by atoms with E-state index in [-0.39, 0.29) is 42.0 Å². The van der Waals surface area contributed by atoms with Crippen LogP contribution in [0.4, 0.5) is 23.2 Å². The number of carbonyl (C=O) groups excluding carboxylic acids is 1. The fourth-order valence-corrected chi connectivity index (χ4v) is 5.85. The van der Waals surface area contributed by atoms with Crippen molar-refractivity contribution in [1.82, 2.24) is 24.8 Å². The van der Waals surface area contributed by atoms with Gasteiger partial charge in [-0.15, -0.1) is 0 Å². The fraction of sp³-hybridized carbons (Fsp3) is 0.394. The predicted octanol–water partition coefficient (Wildman–Crippen LogP) is 4.21. The molecule has 1 saturated heterocycles. The summed E-state index contributed by atoms with van der Waals surface area (Å²) in [5.74, 6) is -2.33. The number of aliphatic hydroxyl groups excluding tert-OH is 1. The Hall–Kier alpha value is -4.96. The number of halogens is 4. The van der Waals surface area contributed by atoms with Gasteiger partial charge in [-0.25, -0.2) is 14.2 Å². The molecule has 2 aromatic carbocycles. The number of amides is 1. The number of carboxylic acid groups (broad SMARTS) is 1. The molecule has 4 aromatic rings. The lowest BCUT2D eigenvalue weighted by molar-refractivity contribution is -0.192. The third-order valence-electron chi connectivity index (χ3n) is 8.60. The third-order valence-corrected chi connectivity index (χ3v) is 8.60. The first-order valence-electron chi connectivity index (χ1n) is 15.5. The molecule has 1 atom stereocenters. The summed E-state index contributed by atoms with van der Waals surface area (Å²) >= 11 is 0. The number of hydrogen-bond acceptors (Lipinski definition) is 8. The number of H-pyrrole nitrogens is 2. The summed E-state index contributed by atoms with van der Waals surface area (Å²) < 4.78 is 51.6. The van der Waals surface area contributed by atoms with E-state index in [1.165, 1.54) is 6.20 Å². The van der Waals surface area contributed by atoms with Crippen molar-refractivity contribution in [2.24, 2.45) is 0 Å². The van der Waals surface area contributed by atoms with Gasteiger partial charge in [0.15, 0.2) is 0 Å². The van der Waals surface area contributed by atoms with E-state index in [2.05, 4.69) is 32.2 Å². The van der Waals surface area contributed by atoms with Gasteiger partial charge in [0.2, 0.25) is 0 Å². The molecule has 6 rings (SSSR count). The Morgan fingerprint density at radius 3 is 2.53 bits per heavy atom. The number of imidazole rings is 1. The van der Waals surface area contributed by atoms with Crippen LogP contribution in [-0.4, -0.2) is 98.5 Å². The summed E-state index contributed by atoms with van der Waals surface area (Å²) in [4.78, 5) is 50.0. The number of alkyl halides is 3. The molecule has 0 aliphatic carbocycles. The third kappa shape index (κ3) is 7.86. The number of likely N-dealkylation sites (tertiary alicyclic amines) is 1. The van der Waals surface area contributed by atoms with Crippen LogP contribution in [0, 0.1) is 19.7 Å². The molecule has 12 nitrogen and oxygen atoms in total. The minimum Gasteiger partial charge on any atom is -0.490 e. The topological polar surface area (TPSA) is 164 Å². The summed E-state index contributed by atoms with van der Waals surface area (Å²) in [5, 5.41) is 20.8. The van der Waals surface area contributed by atoms with Gasteiger partial charge in [-0.2, -0.15) is 13.2 Å². The van der Waals surface area contributed by atoms with Crippen LogP contribution in [0.25, 0.3) is 22.4 Å². The first kappa shape index (κ1) is 35.3. The number of carbonyl (C=O) groups is 2. The lowest BCUT2D eigenvalue weighted by Crippen LogP contribution is -2.43. The molecule has 2 aliphatic rings. The molecular weight excluding hydrogens is 652 g/mol. The number of hydrogen-bond donors (Lipinski definition) is 5. The number of aromatic amines is 2.